The minimum Gasteiger partial charge on any atom is -0.391 e. The molecule has 0 bridgehead atoms. The quantitative estimate of drug-likeness (QED) is 0.565. The maximum atomic E-state index is 12.0. The molecule has 116 valence electrons. The van der Waals surface area contributed by atoms with Crippen molar-refractivity contribution in [3.8, 4) is 0 Å². The molecule has 0 aromatic carbocycles. The fraction of sp³-hybridized carbons (Fsp3) is 0.769. The lowest BCUT2D eigenvalue weighted by Crippen LogP contribution is -2.54. The first kappa shape index (κ1) is 18.4. The highest BCUT2D eigenvalue weighted by Crippen LogP contribution is 2.09. The van der Waals surface area contributed by atoms with Crippen LogP contribution in [0, 0.1) is 5.92 Å². The van der Waals surface area contributed by atoms with Crippen molar-refractivity contribution in [2.45, 2.75) is 39.3 Å². The Balaban J connectivity index is 4.74. The van der Waals surface area contributed by atoms with Crippen molar-refractivity contribution in [2.24, 2.45) is 5.92 Å². The lowest BCUT2D eigenvalue weighted by atomic mass is 10.1. The van der Waals surface area contributed by atoms with Crippen LogP contribution in [0.15, 0.2) is 0 Å². The molecule has 0 aliphatic rings. The summed E-state index contributed by atoms with van der Waals surface area (Å²) in [6.07, 6.45) is -0.733. The molecule has 3 amide bonds. The highest BCUT2D eigenvalue weighted by Gasteiger charge is 2.31. The van der Waals surface area contributed by atoms with Gasteiger partial charge in [0.15, 0.2) is 0 Å². The average molecular weight is 287 g/mol. The maximum Gasteiger partial charge on any atom is 0.245 e. The van der Waals surface area contributed by atoms with Crippen LogP contribution in [0.1, 0.15) is 27.2 Å². The van der Waals surface area contributed by atoms with Crippen LogP contribution in [0.3, 0.4) is 0 Å². The minimum absolute atomic E-state index is 0.161. The van der Waals surface area contributed by atoms with Gasteiger partial charge in [-0.3, -0.25) is 14.4 Å². The number of rotatable bonds is 7. The lowest BCUT2D eigenvalue weighted by molar-refractivity contribution is -0.143. The number of aliphatic hydroxyl groups excluding tert-OH is 1. The molecule has 0 rings (SSSR count). The van der Waals surface area contributed by atoms with Crippen LogP contribution in [0.5, 0.6) is 0 Å². The fourth-order valence-electron chi connectivity index (χ4n) is 1.73. The second kappa shape index (κ2) is 8.52. The first-order valence-electron chi connectivity index (χ1n) is 6.62. The summed E-state index contributed by atoms with van der Waals surface area (Å²) < 4.78 is 0. The predicted octanol–water partition coefficient (Wildman–Crippen LogP) is -0.897. The van der Waals surface area contributed by atoms with Crippen molar-refractivity contribution >= 4 is 17.7 Å². The van der Waals surface area contributed by atoms with Gasteiger partial charge in [-0.05, 0) is 12.8 Å². The molecule has 7 heteroatoms. The summed E-state index contributed by atoms with van der Waals surface area (Å²) in [7, 11) is 2.93. The Hall–Kier alpha value is -1.63. The van der Waals surface area contributed by atoms with Crippen LogP contribution in [0.2, 0.25) is 0 Å². The number of amides is 3. The van der Waals surface area contributed by atoms with E-state index in [2.05, 4.69) is 10.6 Å². The van der Waals surface area contributed by atoms with Crippen molar-refractivity contribution in [1.82, 2.24) is 15.5 Å². The monoisotopic (exact) mass is 287 g/mol. The number of nitrogens with one attached hydrogen (secondary N) is 2. The van der Waals surface area contributed by atoms with E-state index in [4.69, 9.17) is 0 Å². The van der Waals surface area contributed by atoms with Crippen molar-refractivity contribution < 1.29 is 19.5 Å². The Morgan fingerprint density at radius 3 is 2.15 bits per heavy atom. The van der Waals surface area contributed by atoms with Crippen LogP contribution in [-0.4, -0.2) is 60.5 Å². The summed E-state index contributed by atoms with van der Waals surface area (Å²) in [4.78, 5) is 36.3. The highest BCUT2D eigenvalue weighted by molar-refractivity contribution is 5.90. The molecule has 0 aromatic rings. The molecule has 20 heavy (non-hydrogen) atoms. The Bertz CT molecular complexity index is 356. The normalized spacial score (nSPS) is 13.6. The smallest absolute Gasteiger partial charge is 0.245 e. The van der Waals surface area contributed by atoms with E-state index in [-0.39, 0.29) is 24.3 Å². The minimum atomic E-state index is -1.03. The SMILES string of the molecule is CNC(=O)CNC(=O)C(C(C)O)N(C)C(=O)CC(C)C. The van der Waals surface area contributed by atoms with E-state index in [1.807, 2.05) is 13.8 Å². The van der Waals surface area contributed by atoms with Crippen LogP contribution in [0.25, 0.3) is 0 Å². The Kier molecular flexibility index (Phi) is 7.83. The number of likely N-dealkylation sites (N-methyl/N-ethyl adjacent to an activating group) is 2. The zero-order valence-corrected chi connectivity index (χ0v) is 12.8. The zero-order chi connectivity index (χ0) is 15.9. The van der Waals surface area contributed by atoms with E-state index in [9.17, 15) is 19.5 Å². The lowest BCUT2D eigenvalue weighted by Gasteiger charge is -2.29. The number of carbonyl (C=O) groups is 3. The Morgan fingerprint density at radius 2 is 1.75 bits per heavy atom. The molecule has 0 radical (unpaired) electrons. The van der Waals surface area contributed by atoms with E-state index < -0.39 is 18.1 Å². The van der Waals surface area contributed by atoms with Gasteiger partial charge in [-0.1, -0.05) is 13.8 Å². The Labute approximate surface area is 119 Å². The largest absolute Gasteiger partial charge is 0.391 e. The summed E-state index contributed by atoms with van der Waals surface area (Å²) in [6.45, 7) is 5.04. The van der Waals surface area contributed by atoms with Crippen molar-refractivity contribution in [1.29, 1.82) is 0 Å². The Morgan fingerprint density at radius 1 is 1.20 bits per heavy atom. The second-order valence-electron chi connectivity index (χ2n) is 5.18. The summed E-state index contributed by atoms with van der Waals surface area (Å²) >= 11 is 0. The number of hydrogen-bond acceptors (Lipinski definition) is 4. The van der Waals surface area contributed by atoms with Crippen LogP contribution < -0.4 is 10.6 Å². The molecule has 2 unspecified atom stereocenters. The third-order valence-corrected chi connectivity index (χ3v) is 2.82. The van der Waals surface area contributed by atoms with Gasteiger partial charge in [0.25, 0.3) is 0 Å². The van der Waals surface area contributed by atoms with Crippen LogP contribution in [0.4, 0.5) is 0 Å². The summed E-state index contributed by atoms with van der Waals surface area (Å²) in [5, 5.41) is 14.5. The van der Waals surface area contributed by atoms with E-state index in [0.29, 0.717) is 6.42 Å². The molecule has 0 saturated heterocycles. The van der Waals surface area contributed by atoms with Gasteiger partial charge in [0.1, 0.15) is 6.04 Å². The van der Waals surface area contributed by atoms with E-state index >= 15 is 0 Å². The topological polar surface area (TPSA) is 98.7 Å². The number of aliphatic hydroxyl groups is 1. The molecular formula is C13H25N3O4. The third-order valence-electron chi connectivity index (χ3n) is 2.82. The first-order valence-corrected chi connectivity index (χ1v) is 6.62. The van der Waals surface area contributed by atoms with Gasteiger partial charge in [0, 0.05) is 20.5 Å². The summed E-state index contributed by atoms with van der Waals surface area (Å²) in [6, 6.07) is -1.01. The third kappa shape index (κ3) is 6.01. The van der Waals surface area contributed by atoms with Gasteiger partial charge in [0.05, 0.1) is 12.6 Å². The van der Waals surface area contributed by atoms with Crippen LogP contribution in [-0.2, 0) is 14.4 Å². The highest BCUT2D eigenvalue weighted by atomic mass is 16.3. The average Bonchev–Trinajstić information content (AvgIpc) is 2.34. The fourth-order valence-corrected chi connectivity index (χ4v) is 1.73. The molecule has 2 atom stereocenters. The van der Waals surface area contributed by atoms with E-state index in [1.165, 1.54) is 25.9 Å². The molecule has 3 N–H and O–H groups in total. The van der Waals surface area contributed by atoms with E-state index in [0.717, 1.165) is 0 Å². The standard InChI is InChI=1S/C13H25N3O4/c1-8(2)6-11(19)16(5)12(9(3)17)13(20)15-7-10(18)14-4/h8-9,12,17H,6-7H2,1-5H3,(H,14,18)(H,15,20). The number of carbonyl (C=O) groups excluding carboxylic acids is 3. The first-order chi connectivity index (χ1) is 9.20. The van der Waals surface area contributed by atoms with Gasteiger partial charge in [-0.25, -0.2) is 0 Å². The molecule has 7 nitrogen and oxygen atoms in total. The molecule has 0 aliphatic heterocycles. The van der Waals surface area contributed by atoms with Gasteiger partial charge in [0.2, 0.25) is 17.7 Å². The number of hydrogen-bond donors (Lipinski definition) is 3. The van der Waals surface area contributed by atoms with Gasteiger partial charge in [-0.2, -0.15) is 0 Å². The molecule has 0 spiro atoms. The molecule has 0 fully saturated rings. The molecule has 0 saturated carbocycles. The zero-order valence-electron chi connectivity index (χ0n) is 12.8. The number of nitrogens with zero attached hydrogens (tertiary/aromatic N) is 1. The van der Waals surface area contributed by atoms with Crippen LogP contribution >= 0.6 is 0 Å². The molecule has 0 aliphatic carbocycles. The second-order valence-corrected chi connectivity index (χ2v) is 5.18. The summed E-state index contributed by atoms with van der Waals surface area (Å²) in [5.41, 5.74) is 0. The maximum absolute atomic E-state index is 12.0. The summed E-state index contributed by atoms with van der Waals surface area (Å²) in [5.74, 6) is -0.961. The molecular weight excluding hydrogens is 262 g/mol. The molecule has 0 heterocycles. The van der Waals surface area contributed by atoms with Crippen molar-refractivity contribution in [2.75, 3.05) is 20.6 Å². The van der Waals surface area contributed by atoms with Gasteiger partial charge in [-0.15, -0.1) is 0 Å². The van der Waals surface area contributed by atoms with Crippen molar-refractivity contribution in [3.63, 3.8) is 0 Å². The van der Waals surface area contributed by atoms with Crippen molar-refractivity contribution in [3.05, 3.63) is 0 Å². The van der Waals surface area contributed by atoms with Gasteiger partial charge >= 0.3 is 0 Å². The van der Waals surface area contributed by atoms with E-state index in [1.54, 1.807) is 0 Å². The predicted molar refractivity (Wildman–Crippen MR) is 74.8 cm³/mol. The van der Waals surface area contributed by atoms with Gasteiger partial charge < -0.3 is 20.6 Å². The molecule has 0 aromatic heterocycles.